The SMILES string of the molecule is C#CCOCC1CCCN(C(=O)c2cc(OC)c(OC)c(OC)c2)C1. The second-order valence-electron chi connectivity index (χ2n) is 5.89. The summed E-state index contributed by atoms with van der Waals surface area (Å²) < 4.78 is 21.4. The predicted molar refractivity (Wildman–Crippen MR) is 94.4 cm³/mol. The highest BCUT2D eigenvalue weighted by Crippen LogP contribution is 2.38. The van der Waals surface area contributed by atoms with Gasteiger partial charge in [0.05, 0.1) is 27.9 Å². The van der Waals surface area contributed by atoms with Crippen molar-refractivity contribution in [1.29, 1.82) is 0 Å². The highest BCUT2D eigenvalue weighted by atomic mass is 16.5. The third-order valence-corrected chi connectivity index (χ3v) is 4.26. The largest absolute Gasteiger partial charge is 0.493 e. The number of hydrogen-bond donors (Lipinski definition) is 0. The van der Waals surface area contributed by atoms with Crippen LogP contribution in [0.25, 0.3) is 0 Å². The molecular weight excluding hydrogens is 322 g/mol. The molecule has 6 heteroatoms. The van der Waals surface area contributed by atoms with Crippen LogP contribution in [0.1, 0.15) is 23.2 Å². The molecule has 1 aromatic carbocycles. The molecule has 1 unspecified atom stereocenters. The van der Waals surface area contributed by atoms with Gasteiger partial charge in [0, 0.05) is 24.6 Å². The van der Waals surface area contributed by atoms with E-state index in [1.54, 1.807) is 12.1 Å². The van der Waals surface area contributed by atoms with Crippen molar-refractivity contribution >= 4 is 5.91 Å². The molecule has 2 rings (SSSR count). The Balaban J connectivity index is 2.15. The van der Waals surface area contributed by atoms with Crippen LogP contribution in [0.5, 0.6) is 17.2 Å². The summed E-state index contributed by atoms with van der Waals surface area (Å²) >= 11 is 0. The molecule has 1 atom stereocenters. The zero-order valence-electron chi connectivity index (χ0n) is 15.0. The van der Waals surface area contributed by atoms with E-state index in [1.165, 1.54) is 21.3 Å². The molecule has 0 saturated carbocycles. The number of benzene rings is 1. The van der Waals surface area contributed by atoms with Crippen molar-refractivity contribution in [3.8, 4) is 29.6 Å². The first kappa shape index (κ1) is 18.9. The minimum Gasteiger partial charge on any atom is -0.493 e. The van der Waals surface area contributed by atoms with Gasteiger partial charge in [0.25, 0.3) is 5.91 Å². The third-order valence-electron chi connectivity index (χ3n) is 4.26. The van der Waals surface area contributed by atoms with Crippen molar-refractivity contribution in [1.82, 2.24) is 4.90 Å². The van der Waals surface area contributed by atoms with E-state index in [1.807, 2.05) is 4.90 Å². The number of nitrogens with zero attached hydrogens (tertiary/aromatic N) is 1. The van der Waals surface area contributed by atoms with Crippen molar-refractivity contribution in [3.05, 3.63) is 17.7 Å². The summed E-state index contributed by atoms with van der Waals surface area (Å²) in [7, 11) is 4.60. The molecule has 1 aliphatic rings. The fourth-order valence-corrected chi connectivity index (χ4v) is 3.06. The van der Waals surface area contributed by atoms with E-state index in [9.17, 15) is 4.79 Å². The molecule has 0 N–H and O–H groups in total. The number of likely N-dealkylation sites (tertiary alicyclic amines) is 1. The fraction of sp³-hybridized carbons (Fsp3) is 0.526. The molecule has 1 fully saturated rings. The quantitative estimate of drug-likeness (QED) is 0.559. The van der Waals surface area contributed by atoms with Crippen LogP contribution in [0, 0.1) is 18.3 Å². The molecule has 0 aliphatic carbocycles. The highest BCUT2D eigenvalue weighted by molar-refractivity contribution is 5.95. The average Bonchev–Trinajstić information content (AvgIpc) is 2.66. The lowest BCUT2D eigenvalue weighted by molar-refractivity contribution is 0.0533. The summed E-state index contributed by atoms with van der Waals surface area (Å²) in [6.07, 6.45) is 7.18. The van der Waals surface area contributed by atoms with Gasteiger partial charge >= 0.3 is 0 Å². The van der Waals surface area contributed by atoms with Gasteiger partial charge in [-0.2, -0.15) is 0 Å². The zero-order valence-corrected chi connectivity index (χ0v) is 15.0. The molecule has 1 aliphatic heterocycles. The Hall–Kier alpha value is -2.39. The van der Waals surface area contributed by atoms with Crippen molar-refractivity contribution in [3.63, 3.8) is 0 Å². The second kappa shape index (κ2) is 9.19. The van der Waals surface area contributed by atoms with Crippen LogP contribution in [0.15, 0.2) is 12.1 Å². The minimum atomic E-state index is -0.0547. The van der Waals surface area contributed by atoms with E-state index >= 15 is 0 Å². The summed E-state index contributed by atoms with van der Waals surface area (Å²) in [6.45, 7) is 2.25. The zero-order chi connectivity index (χ0) is 18.2. The summed E-state index contributed by atoms with van der Waals surface area (Å²) in [4.78, 5) is 14.8. The molecule has 0 aromatic heterocycles. The number of amides is 1. The van der Waals surface area contributed by atoms with E-state index in [2.05, 4.69) is 5.92 Å². The molecule has 1 aromatic rings. The van der Waals surface area contributed by atoms with Gasteiger partial charge in [0.2, 0.25) is 5.75 Å². The summed E-state index contributed by atoms with van der Waals surface area (Å²) in [5.41, 5.74) is 0.514. The van der Waals surface area contributed by atoms with Crippen molar-refractivity contribution in [2.45, 2.75) is 12.8 Å². The maximum absolute atomic E-state index is 12.9. The van der Waals surface area contributed by atoms with Gasteiger partial charge in [-0.15, -0.1) is 6.42 Å². The molecule has 25 heavy (non-hydrogen) atoms. The Kier molecular flexibility index (Phi) is 6.96. The standard InChI is InChI=1S/C19H25NO5/c1-5-9-25-13-14-7-6-8-20(12-14)19(21)15-10-16(22-2)18(24-4)17(11-15)23-3/h1,10-11,14H,6-9,12-13H2,2-4H3. The molecule has 1 heterocycles. The second-order valence-corrected chi connectivity index (χ2v) is 5.89. The van der Waals surface area contributed by atoms with Crippen LogP contribution < -0.4 is 14.2 Å². The first-order chi connectivity index (χ1) is 12.1. The lowest BCUT2D eigenvalue weighted by atomic mass is 9.98. The smallest absolute Gasteiger partial charge is 0.254 e. The van der Waals surface area contributed by atoms with Crippen LogP contribution in [0.2, 0.25) is 0 Å². The molecule has 0 bridgehead atoms. The Bertz CT molecular complexity index is 612. The topological polar surface area (TPSA) is 57.2 Å². The Labute approximate surface area is 149 Å². The summed E-state index contributed by atoms with van der Waals surface area (Å²) in [5, 5.41) is 0. The molecule has 136 valence electrons. The molecular formula is C19H25NO5. The highest BCUT2D eigenvalue weighted by Gasteiger charge is 2.26. The van der Waals surface area contributed by atoms with Crippen LogP contribution in [0.3, 0.4) is 0 Å². The number of rotatable bonds is 7. The number of terminal acetylenes is 1. The minimum absolute atomic E-state index is 0.0547. The van der Waals surface area contributed by atoms with Gasteiger partial charge in [-0.05, 0) is 25.0 Å². The monoisotopic (exact) mass is 347 g/mol. The summed E-state index contributed by atoms with van der Waals surface area (Å²) in [5.74, 6) is 4.12. The van der Waals surface area contributed by atoms with Gasteiger partial charge in [-0.1, -0.05) is 5.92 Å². The molecule has 1 saturated heterocycles. The van der Waals surface area contributed by atoms with Crippen LogP contribution in [-0.4, -0.2) is 58.4 Å². The molecule has 0 radical (unpaired) electrons. The third kappa shape index (κ3) is 4.58. The lowest BCUT2D eigenvalue weighted by Crippen LogP contribution is -2.41. The van der Waals surface area contributed by atoms with E-state index in [4.69, 9.17) is 25.4 Å². The van der Waals surface area contributed by atoms with Gasteiger partial charge in [0.1, 0.15) is 6.61 Å². The number of carbonyl (C=O) groups excluding carboxylic acids is 1. The maximum atomic E-state index is 12.9. The van der Waals surface area contributed by atoms with Gasteiger partial charge < -0.3 is 23.8 Å². The van der Waals surface area contributed by atoms with Crippen molar-refractivity contribution < 1.29 is 23.7 Å². The predicted octanol–water partition coefficient (Wildman–Crippen LogP) is 2.21. The van der Waals surface area contributed by atoms with Crippen molar-refractivity contribution in [2.24, 2.45) is 5.92 Å². The number of piperidine rings is 1. The molecule has 6 nitrogen and oxygen atoms in total. The summed E-state index contributed by atoms with van der Waals surface area (Å²) in [6, 6.07) is 3.37. The number of carbonyl (C=O) groups is 1. The molecule has 1 amide bonds. The van der Waals surface area contributed by atoms with Gasteiger partial charge in [-0.3, -0.25) is 4.79 Å². The van der Waals surface area contributed by atoms with E-state index < -0.39 is 0 Å². The van der Waals surface area contributed by atoms with Gasteiger partial charge in [-0.25, -0.2) is 0 Å². The average molecular weight is 347 g/mol. The maximum Gasteiger partial charge on any atom is 0.254 e. The lowest BCUT2D eigenvalue weighted by Gasteiger charge is -2.32. The Morgan fingerprint density at radius 1 is 1.24 bits per heavy atom. The van der Waals surface area contributed by atoms with E-state index in [0.717, 1.165) is 19.4 Å². The Morgan fingerprint density at radius 2 is 1.92 bits per heavy atom. The van der Waals surface area contributed by atoms with Crippen molar-refractivity contribution in [2.75, 3.05) is 47.6 Å². The van der Waals surface area contributed by atoms with E-state index in [0.29, 0.717) is 48.5 Å². The van der Waals surface area contributed by atoms with E-state index in [-0.39, 0.29) is 5.91 Å². The first-order valence-electron chi connectivity index (χ1n) is 8.25. The first-order valence-corrected chi connectivity index (χ1v) is 8.25. The Morgan fingerprint density at radius 3 is 2.48 bits per heavy atom. The number of ether oxygens (including phenoxy) is 4. The number of hydrogen-bond acceptors (Lipinski definition) is 5. The van der Waals surface area contributed by atoms with Crippen LogP contribution in [0.4, 0.5) is 0 Å². The van der Waals surface area contributed by atoms with Crippen LogP contribution in [-0.2, 0) is 4.74 Å². The number of methoxy groups -OCH3 is 3. The van der Waals surface area contributed by atoms with Crippen LogP contribution >= 0.6 is 0 Å². The molecule has 0 spiro atoms. The van der Waals surface area contributed by atoms with Gasteiger partial charge in [0.15, 0.2) is 11.5 Å². The normalized spacial score (nSPS) is 16.9. The fourth-order valence-electron chi connectivity index (χ4n) is 3.06.